The molecule has 2 rings (SSSR count). The van der Waals surface area contributed by atoms with Crippen molar-refractivity contribution in [2.75, 3.05) is 17.2 Å². The van der Waals surface area contributed by atoms with Crippen molar-refractivity contribution in [3.63, 3.8) is 0 Å². The van der Waals surface area contributed by atoms with Gasteiger partial charge in [-0.15, -0.1) is 10.2 Å². The third-order valence-corrected chi connectivity index (χ3v) is 3.47. The van der Waals surface area contributed by atoms with E-state index in [0.29, 0.717) is 18.2 Å². The Morgan fingerprint density at radius 3 is 2.57 bits per heavy atom. The van der Waals surface area contributed by atoms with E-state index < -0.39 is 6.09 Å². The smallest absolute Gasteiger partial charge is 0.412 e. The maximum absolute atomic E-state index is 11.2. The topological polar surface area (TPSA) is 76.1 Å². The quantitative estimate of drug-likeness (QED) is 0.875. The summed E-state index contributed by atoms with van der Waals surface area (Å²) in [5.74, 6) is 0.921. The number of rotatable bonds is 4. The first-order valence-corrected chi connectivity index (χ1v) is 7.18. The number of benzene rings is 1. The molecule has 0 aliphatic heterocycles. The van der Waals surface area contributed by atoms with E-state index in [2.05, 4.69) is 36.8 Å². The summed E-state index contributed by atoms with van der Waals surface area (Å²) in [7, 11) is 0. The van der Waals surface area contributed by atoms with Crippen LogP contribution in [0.25, 0.3) is 0 Å². The molecule has 0 unspecified atom stereocenters. The molecule has 2 N–H and O–H groups in total. The van der Waals surface area contributed by atoms with Gasteiger partial charge in [-0.05, 0) is 43.7 Å². The third kappa shape index (κ3) is 4.42. The molecule has 21 heavy (non-hydrogen) atoms. The van der Waals surface area contributed by atoms with Crippen LogP contribution in [0.1, 0.15) is 12.5 Å². The molecule has 0 saturated carbocycles. The highest BCUT2D eigenvalue weighted by Gasteiger charge is 2.04. The summed E-state index contributed by atoms with van der Waals surface area (Å²) < 4.78 is 5.77. The molecule has 110 valence electrons. The molecule has 0 radical (unpaired) electrons. The van der Waals surface area contributed by atoms with Gasteiger partial charge in [0.15, 0.2) is 11.6 Å². The molecule has 1 heterocycles. The van der Waals surface area contributed by atoms with Crippen LogP contribution >= 0.6 is 15.9 Å². The first kappa shape index (κ1) is 15.2. The molecule has 2 aromatic rings. The fourth-order valence-electron chi connectivity index (χ4n) is 1.56. The van der Waals surface area contributed by atoms with Crippen molar-refractivity contribution in [3.05, 3.63) is 40.4 Å². The maximum Gasteiger partial charge on any atom is 0.412 e. The highest BCUT2D eigenvalue weighted by atomic mass is 79.9. The number of carbonyl (C=O) groups is 1. The zero-order valence-electron chi connectivity index (χ0n) is 11.7. The summed E-state index contributed by atoms with van der Waals surface area (Å²) >= 11 is 3.48. The van der Waals surface area contributed by atoms with E-state index in [9.17, 15) is 4.79 Å². The summed E-state index contributed by atoms with van der Waals surface area (Å²) in [5, 5.41) is 13.5. The van der Waals surface area contributed by atoms with Crippen molar-refractivity contribution in [2.45, 2.75) is 13.8 Å². The van der Waals surface area contributed by atoms with Crippen molar-refractivity contribution < 1.29 is 9.53 Å². The number of nitrogens with one attached hydrogen (secondary N) is 2. The number of ether oxygens (including phenoxy) is 1. The van der Waals surface area contributed by atoms with Gasteiger partial charge in [-0.3, -0.25) is 5.32 Å². The molecule has 0 bridgehead atoms. The molecule has 0 spiro atoms. The molecule has 1 aromatic carbocycles. The van der Waals surface area contributed by atoms with Gasteiger partial charge >= 0.3 is 6.09 Å². The van der Waals surface area contributed by atoms with E-state index in [0.717, 1.165) is 15.7 Å². The number of nitrogens with zero attached hydrogens (tertiary/aromatic N) is 2. The minimum absolute atomic E-state index is 0.307. The van der Waals surface area contributed by atoms with Gasteiger partial charge in [0.1, 0.15) is 0 Å². The standard InChI is InChI=1S/C14H15BrN4O2/c1-3-21-14(20)17-13-7-6-12(18-19-13)16-10-5-4-9(2)11(15)8-10/h4-8H,3H2,1-2H3,(H,16,18)(H,17,19,20). The Morgan fingerprint density at radius 1 is 1.24 bits per heavy atom. The molecular weight excluding hydrogens is 336 g/mol. The molecule has 0 saturated heterocycles. The van der Waals surface area contributed by atoms with E-state index in [1.54, 1.807) is 19.1 Å². The number of hydrogen-bond donors (Lipinski definition) is 2. The van der Waals surface area contributed by atoms with Crippen LogP contribution in [0.2, 0.25) is 0 Å². The Balaban J connectivity index is 2.01. The van der Waals surface area contributed by atoms with Gasteiger partial charge in [-0.25, -0.2) is 4.79 Å². The summed E-state index contributed by atoms with van der Waals surface area (Å²) in [6.07, 6.45) is -0.546. The Morgan fingerprint density at radius 2 is 1.95 bits per heavy atom. The van der Waals surface area contributed by atoms with E-state index >= 15 is 0 Å². The summed E-state index contributed by atoms with van der Waals surface area (Å²) in [5.41, 5.74) is 2.05. The Kier molecular flexibility index (Phi) is 5.10. The lowest BCUT2D eigenvalue weighted by molar-refractivity contribution is 0.168. The number of carbonyl (C=O) groups excluding carboxylic acids is 1. The minimum Gasteiger partial charge on any atom is -0.450 e. The first-order chi connectivity index (χ1) is 10.1. The van der Waals surface area contributed by atoms with Crippen molar-refractivity contribution in [1.29, 1.82) is 0 Å². The average molecular weight is 351 g/mol. The van der Waals surface area contributed by atoms with Gasteiger partial charge in [-0.2, -0.15) is 0 Å². The Labute approximate surface area is 131 Å². The van der Waals surface area contributed by atoms with Crippen LogP contribution < -0.4 is 10.6 Å². The van der Waals surface area contributed by atoms with Crippen LogP contribution in [0.4, 0.5) is 22.1 Å². The zero-order valence-corrected chi connectivity index (χ0v) is 13.3. The summed E-state index contributed by atoms with van der Waals surface area (Å²) in [6.45, 7) is 4.06. The van der Waals surface area contributed by atoms with E-state index in [4.69, 9.17) is 4.74 Å². The predicted molar refractivity (Wildman–Crippen MR) is 84.8 cm³/mol. The Bertz CT molecular complexity index is 631. The second-order valence-electron chi connectivity index (χ2n) is 4.24. The summed E-state index contributed by atoms with van der Waals surface area (Å²) in [4.78, 5) is 11.2. The van der Waals surface area contributed by atoms with E-state index in [1.807, 2.05) is 25.1 Å². The van der Waals surface area contributed by atoms with Crippen LogP contribution in [0.3, 0.4) is 0 Å². The number of hydrogen-bond acceptors (Lipinski definition) is 5. The van der Waals surface area contributed by atoms with Crippen LogP contribution in [0.15, 0.2) is 34.8 Å². The normalized spacial score (nSPS) is 10.0. The van der Waals surface area contributed by atoms with E-state index in [1.165, 1.54) is 0 Å². The van der Waals surface area contributed by atoms with Crippen LogP contribution in [-0.4, -0.2) is 22.9 Å². The fraction of sp³-hybridized carbons (Fsp3) is 0.214. The second kappa shape index (κ2) is 7.03. The van der Waals surface area contributed by atoms with Crippen LogP contribution in [0, 0.1) is 6.92 Å². The highest BCUT2D eigenvalue weighted by molar-refractivity contribution is 9.10. The SMILES string of the molecule is CCOC(=O)Nc1ccc(Nc2ccc(C)c(Br)c2)nn1. The van der Waals surface area contributed by atoms with E-state index in [-0.39, 0.29) is 0 Å². The maximum atomic E-state index is 11.2. The predicted octanol–water partition coefficient (Wildman–Crippen LogP) is 3.86. The molecule has 0 aliphatic rings. The van der Waals surface area contributed by atoms with Gasteiger partial charge in [-0.1, -0.05) is 22.0 Å². The third-order valence-electron chi connectivity index (χ3n) is 2.61. The molecule has 1 aromatic heterocycles. The van der Waals surface area contributed by atoms with Gasteiger partial charge in [0, 0.05) is 10.2 Å². The fourth-order valence-corrected chi connectivity index (χ4v) is 1.93. The van der Waals surface area contributed by atoms with Crippen molar-refractivity contribution in [3.8, 4) is 0 Å². The largest absolute Gasteiger partial charge is 0.450 e. The molecule has 1 amide bonds. The monoisotopic (exact) mass is 350 g/mol. The van der Waals surface area contributed by atoms with Crippen LogP contribution in [-0.2, 0) is 4.74 Å². The zero-order chi connectivity index (χ0) is 15.2. The lowest BCUT2D eigenvalue weighted by Gasteiger charge is -2.08. The van der Waals surface area contributed by atoms with Crippen LogP contribution in [0.5, 0.6) is 0 Å². The average Bonchev–Trinajstić information content (AvgIpc) is 2.45. The van der Waals surface area contributed by atoms with Crippen molar-refractivity contribution >= 4 is 39.3 Å². The lowest BCUT2D eigenvalue weighted by atomic mass is 10.2. The molecule has 6 nitrogen and oxygen atoms in total. The van der Waals surface area contributed by atoms with Crippen molar-refractivity contribution in [1.82, 2.24) is 10.2 Å². The van der Waals surface area contributed by atoms with Gasteiger partial charge < -0.3 is 10.1 Å². The second-order valence-corrected chi connectivity index (χ2v) is 5.09. The number of amides is 1. The lowest BCUT2D eigenvalue weighted by Crippen LogP contribution is -2.14. The number of aromatic nitrogens is 2. The summed E-state index contributed by atoms with van der Waals surface area (Å²) in [6, 6.07) is 9.28. The van der Waals surface area contributed by atoms with Crippen molar-refractivity contribution in [2.24, 2.45) is 0 Å². The molecular formula is C14H15BrN4O2. The number of aryl methyl sites for hydroxylation is 1. The van der Waals surface area contributed by atoms with Gasteiger partial charge in [0.2, 0.25) is 0 Å². The van der Waals surface area contributed by atoms with Gasteiger partial charge in [0.05, 0.1) is 6.61 Å². The molecule has 7 heteroatoms. The highest BCUT2D eigenvalue weighted by Crippen LogP contribution is 2.22. The number of halogens is 1. The Hall–Kier alpha value is -2.15. The minimum atomic E-state index is -0.546. The molecule has 0 aliphatic carbocycles. The molecule has 0 fully saturated rings. The van der Waals surface area contributed by atoms with Gasteiger partial charge in [0.25, 0.3) is 0 Å². The number of anilines is 3. The first-order valence-electron chi connectivity index (χ1n) is 6.39. The molecule has 0 atom stereocenters.